The van der Waals surface area contributed by atoms with Crippen LogP contribution in [0.5, 0.6) is 0 Å². The molecule has 3 atom stereocenters. The first-order valence-corrected chi connectivity index (χ1v) is 5.56. The van der Waals surface area contributed by atoms with Gasteiger partial charge in [-0.3, -0.25) is 0 Å². The summed E-state index contributed by atoms with van der Waals surface area (Å²) in [5.41, 5.74) is 6.08. The number of methoxy groups -OCH3 is 1. The van der Waals surface area contributed by atoms with Crippen molar-refractivity contribution in [2.75, 3.05) is 7.11 Å². The third-order valence-corrected chi connectivity index (χ3v) is 3.49. The number of nitrogens with two attached hydrogens (primary N) is 1. The minimum absolute atomic E-state index is 0.0914. The van der Waals surface area contributed by atoms with Gasteiger partial charge in [0.2, 0.25) is 0 Å². The van der Waals surface area contributed by atoms with Crippen molar-refractivity contribution in [1.82, 2.24) is 0 Å². The molecule has 0 aromatic heterocycles. The Balaban J connectivity index is 2.68. The summed E-state index contributed by atoms with van der Waals surface area (Å²) in [6.45, 7) is 6.03. The van der Waals surface area contributed by atoms with E-state index in [1.165, 1.54) is 12.8 Å². The highest BCUT2D eigenvalue weighted by atomic mass is 16.5. The standard InChI is InChI=1S/C12H23NO/c1-4-6-11(13)12(14-3)8-5-7-10(2)9-12/h4,10-11H,1,5-9,13H2,2-3H3. The fourth-order valence-corrected chi connectivity index (χ4v) is 2.61. The third kappa shape index (κ3) is 2.37. The smallest absolute Gasteiger partial charge is 0.0834 e. The molecular formula is C12H23NO. The van der Waals surface area contributed by atoms with Crippen LogP contribution >= 0.6 is 0 Å². The van der Waals surface area contributed by atoms with Crippen molar-refractivity contribution >= 4 is 0 Å². The Morgan fingerprint density at radius 3 is 2.93 bits per heavy atom. The molecule has 82 valence electrons. The van der Waals surface area contributed by atoms with Gasteiger partial charge in [-0.1, -0.05) is 25.8 Å². The summed E-state index contributed by atoms with van der Waals surface area (Å²) in [6.07, 6.45) is 7.48. The highest BCUT2D eigenvalue weighted by Crippen LogP contribution is 2.37. The Morgan fingerprint density at radius 2 is 2.43 bits per heavy atom. The van der Waals surface area contributed by atoms with Crippen molar-refractivity contribution in [3.63, 3.8) is 0 Å². The van der Waals surface area contributed by atoms with E-state index in [1.54, 1.807) is 7.11 Å². The van der Waals surface area contributed by atoms with Crippen molar-refractivity contribution in [2.45, 2.75) is 50.7 Å². The van der Waals surface area contributed by atoms with Crippen molar-refractivity contribution in [1.29, 1.82) is 0 Å². The fourth-order valence-electron chi connectivity index (χ4n) is 2.61. The molecule has 0 aromatic rings. The van der Waals surface area contributed by atoms with Crippen LogP contribution in [-0.2, 0) is 4.74 Å². The van der Waals surface area contributed by atoms with Gasteiger partial charge in [0.05, 0.1) is 5.60 Å². The molecule has 2 N–H and O–H groups in total. The highest BCUT2D eigenvalue weighted by Gasteiger charge is 2.39. The molecule has 0 aromatic carbocycles. The normalized spacial score (nSPS) is 35.2. The van der Waals surface area contributed by atoms with E-state index < -0.39 is 0 Å². The van der Waals surface area contributed by atoms with Crippen molar-refractivity contribution < 1.29 is 4.74 Å². The Morgan fingerprint density at radius 1 is 1.71 bits per heavy atom. The monoisotopic (exact) mass is 197 g/mol. The molecule has 1 aliphatic carbocycles. The van der Waals surface area contributed by atoms with Crippen molar-refractivity contribution in [2.24, 2.45) is 11.7 Å². The predicted octanol–water partition coefficient (Wildman–Crippen LogP) is 2.49. The van der Waals surface area contributed by atoms with E-state index in [1.807, 2.05) is 6.08 Å². The Bertz CT molecular complexity index is 193. The summed E-state index contributed by atoms with van der Waals surface area (Å²) in [4.78, 5) is 0. The minimum atomic E-state index is -0.0914. The molecular weight excluding hydrogens is 174 g/mol. The van der Waals surface area contributed by atoms with Crippen LogP contribution in [0.25, 0.3) is 0 Å². The summed E-state index contributed by atoms with van der Waals surface area (Å²) in [5.74, 6) is 0.736. The molecule has 0 amide bonds. The van der Waals surface area contributed by atoms with Crippen LogP contribution in [0.4, 0.5) is 0 Å². The summed E-state index contributed by atoms with van der Waals surface area (Å²) < 4.78 is 5.69. The van der Waals surface area contributed by atoms with Gasteiger partial charge in [0, 0.05) is 13.2 Å². The molecule has 1 fully saturated rings. The van der Waals surface area contributed by atoms with Gasteiger partial charge in [-0.15, -0.1) is 6.58 Å². The van der Waals surface area contributed by atoms with E-state index in [-0.39, 0.29) is 11.6 Å². The number of rotatable bonds is 4. The van der Waals surface area contributed by atoms with Gasteiger partial charge in [-0.05, 0) is 25.2 Å². The molecule has 0 saturated heterocycles. The molecule has 1 rings (SSSR count). The summed E-state index contributed by atoms with van der Waals surface area (Å²) in [5, 5.41) is 0. The zero-order valence-corrected chi connectivity index (χ0v) is 9.46. The number of hydrogen-bond donors (Lipinski definition) is 1. The first kappa shape index (κ1) is 11.7. The van der Waals surface area contributed by atoms with Gasteiger partial charge >= 0.3 is 0 Å². The number of hydrogen-bond acceptors (Lipinski definition) is 2. The average Bonchev–Trinajstić information content (AvgIpc) is 2.18. The van der Waals surface area contributed by atoms with Crippen LogP contribution in [0.2, 0.25) is 0 Å². The first-order chi connectivity index (χ1) is 6.64. The maximum Gasteiger partial charge on any atom is 0.0834 e. The maximum atomic E-state index is 6.17. The quantitative estimate of drug-likeness (QED) is 0.703. The predicted molar refractivity (Wildman–Crippen MR) is 60.2 cm³/mol. The van der Waals surface area contributed by atoms with E-state index in [4.69, 9.17) is 10.5 Å². The van der Waals surface area contributed by atoms with Gasteiger partial charge in [0.15, 0.2) is 0 Å². The summed E-state index contributed by atoms with van der Waals surface area (Å²) in [7, 11) is 1.79. The molecule has 1 aliphatic rings. The summed E-state index contributed by atoms with van der Waals surface area (Å²) in [6, 6.07) is 0.104. The fraction of sp³-hybridized carbons (Fsp3) is 0.833. The van der Waals surface area contributed by atoms with Gasteiger partial charge in [0.1, 0.15) is 0 Å². The molecule has 0 aliphatic heterocycles. The first-order valence-electron chi connectivity index (χ1n) is 5.56. The summed E-state index contributed by atoms with van der Waals surface area (Å²) >= 11 is 0. The Kier molecular flexibility index (Phi) is 4.14. The molecule has 2 nitrogen and oxygen atoms in total. The van der Waals surface area contributed by atoms with E-state index in [2.05, 4.69) is 13.5 Å². The van der Waals surface area contributed by atoms with Gasteiger partial charge < -0.3 is 10.5 Å². The molecule has 2 heteroatoms. The number of ether oxygens (including phenoxy) is 1. The van der Waals surface area contributed by atoms with E-state index in [0.29, 0.717) is 0 Å². The molecule has 0 spiro atoms. The van der Waals surface area contributed by atoms with Gasteiger partial charge in [-0.2, -0.15) is 0 Å². The zero-order valence-electron chi connectivity index (χ0n) is 9.46. The van der Waals surface area contributed by atoms with Crippen molar-refractivity contribution in [3.8, 4) is 0 Å². The topological polar surface area (TPSA) is 35.2 Å². The lowest BCUT2D eigenvalue weighted by Crippen LogP contribution is -2.51. The molecule has 0 bridgehead atoms. The van der Waals surface area contributed by atoms with Crippen LogP contribution in [0.1, 0.15) is 39.0 Å². The molecule has 3 unspecified atom stereocenters. The molecule has 0 heterocycles. The van der Waals surface area contributed by atoms with Gasteiger partial charge in [0.25, 0.3) is 0 Å². The van der Waals surface area contributed by atoms with Crippen LogP contribution < -0.4 is 5.73 Å². The Labute approximate surface area is 87.5 Å². The second-order valence-electron chi connectivity index (χ2n) is 4.60. The second kappa shape index (κ2) is 4.94. The van der Waals surface area contributed by atoms with E-state index in [0.717, 1.165) is 25.2 Å². The molecule has 14 heavy (non-hydrogen) atoms. The average molecular weight is 197 g/mol. The molecule has 0 radical (unpaired) electrons. The Hall–Kier alpha value is -0.340. The maximum absolute atomic E-state index is 6.17. The van der Waals surface area contributed by atoms with Crippen LogP contribution in [-0.4, -0.2) is 18.8 Å². The molecule has 1 saturated carbocycles. The van der Waals surface area contributed by atoms with E-state index >= 15 is 0 Å². The van der Waals surface area contributed by atoms with Crippen molar-refractivity contribution in [3.05, 3.63) is 12.7 Å². The second-order valence-corrected chi connectivity index (χ2v) is 4.60. The lowest BCUT2D eigenvalue weighted by molar-refractivity contribution is -0.0699. The SMILES string of the molecule is C=CCC(N)C1(OC)CCCC(C)C1. The zero-order chi connectivity index (χ0) is 10.6. The lowest BCUT2D eigenvalue weighted by atomic mass is 9.74. The van der Waals surface area contributed by atoms with Crippen LogP contribution in [0.3, 0.4) is 0 Å². The van der Waals surface area contributed by atoms with Crippen LogP contribution in [0, 0.1) is 5.92 Å². The third-order valence-electron chi connectivity index (χ3n) is 3.49. The highest BCUT2D eigenvalue weighted by molar-refractivity contribution is 4.97. The minimum Gasteiger partial charge on any atom is -0.377 e. The van der Waals surface area contributed by atoms with Gasteiger partial charge in [-0.25, -0.2) is 0 Å². The lowest BCUT2D eigenvalue weighted by Gasteiger charge is -2.42. The largest absolute Gasteiger partial charge is 0.377 e. The van der Waals surface area contributed by atoms with E-state index in [9.17, 15) is 0 Å². The van der Waals surface area contributed by atoms with Crippen LogP contribution in [0.15, 0.2) is 12.7 Å².